The van der Waals surface area contributed by atoms with Gasteiger partial charge in [0.2, 0.25) is 11.8 Å². The SMILES string of the molecule is COCCC(=O)N/N=C(\C)CC(=O)Nc1ccccc1[N+](=O)[O-]. The van der Waals surface area contributed by atoms with Crippen LogP contribution in [0.4, 0.5) is 11.4 Å². The lowest BCUT2D eigenvalue weighted by atomic mass is 10.2. The van der Waals surface area contributed by atoms with Crippen LogP contribution in [0.15, 0.2) is 29.4 Å². The zero-order chi connectivity index (χ0) is 17.2. The number of nitro groups is 1. The maximum absolute atomic E-state index is 11.9. The van der Waals surface area contributed by atoms with Crippen LogP contribution in [0.5, 0.6) is 0 Å². The first-order valence-electron chi connectivity index (χ1n) is 6.78. The predicted molar refractivity (Wildman–Crippen MR) is 84.1 cm³/mol. The molecule has 0 aliphatic carbocycles. The van der Waals surface area contributed by atoms with Crippen LogP contribution in [0.2, 0.25) is 0 Å². The molecule has 9 heteroatoms. The van der Waals surface area contributed by atoms with E-state index in [2.05, 4.69) is 15.8 Å². The van der Waals surface area contributed by atoms with Gasteiger partial charge in [-0.1, -0.05) is 12.1 Å². The Labute approximate surface area is 132 Å². The normalized spacial score (nSPS) is 11.0. The van der Waals surface area contributed by atoms with Crippen LogP contribution in [0.3, 0.4) is 0 Å². The molecule has 0 fully saturated rings. The van der Waals surface area contributed by atoms with E-state index in [0.29, 0.717) is 5.71 Å². The summed E-state index contributed by atoms with van der Waals surface area (Å²) in [5.74, 6) is -0.794. The summed E-state index contributed by atoms with van der Waals surface area (Å²) in [6.07, 6.45) is 0.0618. The fourth-order valence-electron chi connectivity index (χ4n) is 1.61. The summed E-state index contributed by atoms with van der Waals surface area (Å²) < 4.78 is 4.75. The fraction of sp³-hybridized carbons (Fsp3) is 0.357. The Morgan fingerprint density at radius 3 is 2.65 bits per heavy atom. The number of methoxy groups -OCH3 is 1. The summed E-state index contributed by atoms with van der Waals surface area (Å²) in [6, 6.07) is 5.83. The van der Waals surface area contributed by atoms with Gasteiger partial charge in [-0.2, -0.15) is 5.10 Å². The molecule has 0 atom stereocenters. The summed E-state index contributed by atoms with van der Waals surface area (Å²) in [5, 5.41) is 17.1. The number of rotatable bonds is 8. The summed E-state index contributed by atoms with van der Waals surface area (Å²) in [6.45, 7) is 1.84. The van der Waals surface area contributed by atoms with E-state index in [1.807, 2.05) is 0 Å². The first-order valence-corrected chi connectivity index (χ1v) is 6.78. The van der Waals surface area contributed by atoms with Gasteiger partial charge in [-0.05, 0) is 13.0 Å². The number of hydrazone groups is 1. The van der Waals surface area contributed by atoms with Crippen molar-refractivity contribution in [2.75, 3.05) is 19.0 Å². The van der Waals surface area contributed by atoms with E-state index < -0.39 is 10.8 Å². The summed E-state index contributed by atoms with van der Waals surface area (Å²) in [4.78, 5) is 33.5. The molecule has 1 aromatic rings. The molecule has 0 aromatic heterocycles. The summed E-state index contributed by atoms with van der Waals surface area (Å²) >= 11 is 0. The van der Waals surface area contributed by atoms with Crippen molar-refractivity contribution in [3.8, 4) is 0 Å². The highest BCUT2D eigenvalue weighted by atomic mass is 16.6. The molecule has 0 spiro atoms. The van der Waals surface area contributed by atoms with Crippen molar-refractivity contribution in [2.24, 2.45) is 5.10 Å². The number of hydrogen-bond acceptors (Lipinski definition) is 6. The second kappa shape index (κ2) is 9.26. The second-order valence-electron chi connectivity index (χ2n) is 4.62. The quantitative estimate of drug-likeness (QED) is 0.426. The lowest BCUT2D eigenvalue weighted by molar-refractivity contribution is -0.383. The molecule has 0 radical (unpaired) electrons. The Hall–Kier alpha value is -2.81. The summed E-state index contributed by atoms with van der Waals surface area (Å²) in [7, 11) is 1.48. The van der Waals surface area contributed by atoms with Crippen molar-refractivity contribution in [1.29, 1.82) is 0 Å². The molecule has 0 saturated carbocycles. The molecule has 23 heavy (non-hydrogen) atoms. The lowest BCUT2D eigenvalue weighted by Crippen LogP contribution is -2.22. The van der Waals surface area contributed by atoms with E-state index >= 15 is 0 Å². The highest BCUT2D eigenvalue weighted by molar-refractivity contribution is 6.06. The predicted octanol–water partition coefficient (Wildman–Crippen LogP) is 1.45. The zero-order valence-corrected chi connectivity index (χ0v) is 12.9. The molecule has 0 aliphatic heterocycles. The minimum Gasteiger partial charge on any atom is -0.384 e. The van der Waals surface area contributed by atoms with E-state index in [-0.39, 0.29) is 36.7 Å². The first kappa shape index (κ1) is 18.2. The number of benzene rings is 1. The third kappa shape index (κ3) is 6.66. The number of hydrogen-bond donors (Lipinski definition) is 2. The maximum Gasteiger partial charge on any atom is 0.292 e. The van der Waals surface area contributed by atoms with Gasteiger partial charge in [0.25, 0.3) is 5.69 Å². The number of para-hydroxylation sites is 2. The van der Waals surface area contributed by atoms with E-state index in [9.17, 15) is 19.7 Å². The smallest absolute Gasteiger partial charge is 0.292 e. The van der Waals surface area contributed by atoms with Crippen molar-refractivity contribution < 1.29 is 19.2 Å². The molecule has 2 amide bonds. The van der Waals surface area contributed by atoms with Gasteiger partial charge in [0.1, 0.15) is 5.69 Å². The molecule has 1 aromatic carbocycles. The van der Waals surface area contributed by atoms with Crippen LogP contribution < -0.4 is 10.7 Å². The van der Waals surface area contributed by atoms with Gasteiger partial charge in [-0.3, -0.25) is 19.7 Å². The van der Waals surface area contributed by atoms with Gasteiger partial charge < -0.3 is 10.1 Å². The number of nitrogens with one attached hydrogen (secondary N) is 2. The number of nitro benzene ring substituents is 1. The molecular weight excluding hydrogens is 304 g/mol. The lowest BCUT2D eigenvalue weighted by Gasteiger charge is -2.06. The molecule has 0 unspecified atom stereocenters. The van der Waals surface area contributed by atoms with Crippen LogP contribution >= 0.6 is 0 Å². The largest absolute Gasteiger partial charge is 0.384 e. The van der Waals surface area contributed by atoms with Crippen molar-refractivity contribution in [3.05, 3.63) is 34.4 Å². The number of carbonyl (C=O) groups is 2. The van der Waals surface area contributed by atoms with Crippen LogP contribution in [-0.2, 0) is 14.3 Å². The van der Waals surface area contributed by atoms with Crippen molar-refractivity contribution in [2.45, 2.75) is 19.8 Å². The number of ether oxygens (including phenoxy) is 1. The molecular formula is C14H18N4O5. The molecule has 1 rings (SSSR count). The Balaban J connectivity index is 2.56. The molecule has 0 saturated heterocycles. The monoisotopic (exact) mass is 322 g/mol. The van der Waals surface area contributed by atoms with Gasteiger partial charge in [0.15, 0.2) is 0 Å². The Kier molecular flexibility index (Phi) is 7.34. The van der Waals surface area contributed by atoms with Crippen LogP contribution in [-0.4, -0.2) is 36.2 Å². The van der Waals surface area contributed by atoms with Crippen LogP contribution in [0.25, 0.3) is 0 Å². The van der Waals surface area contributed by atoms with Crippen LogP contribution in [0, 0.1) is 10.1 Å². The van der Waals surface area contributed by atoms with Gasteiger partial charge in [-0.25, -0.2) is 5.43 Å². The van der Waals surface area contributed by atoms with E-state index in [0.717, 1.165) is 0 Å². The highest BCUT2D eigenvalue weighted by Gasteiger charge is 2.15. The Morgan fingerprint density at radius 2 is 2.00 bits per heavy atom. The zero-order valence-electron chi connectivity index (χ0n) is 12.9. The van der Waals surface area contributed by atoms with E-state index in [1.54, 1.807) is 13.0 Å². The second-order valence-corrected chi connectivity index (χ2v) is 4.62. The van der Waals surface area contributed by atoms with E-state index in [4.69, 9.17) is 4.74 Å². The van der Waals surface area contributed by atoms with Crippen molar-refractivity contribution >= 4 is 28.9 Å². The summed E-state index contributed by atoms with van der Waals surface area (Å²) in [5.41, 5.74) is 2.58. The van der Waals surface area contributed by atoms with E-state index in [1.165, 1.54) is 25.3 Å². The van der Waals surface area contributed by atoms with Gasteiger partial charge in [0.05, 0.1) is 24.4 Å². The molecule has 9 nitrogen and oxygen atoms in total. The van der Waals surface area contributed by atoms with Gasteiger partial charge in [0, 0.05) is 18.9 Å². The third-order valence-electron chi connectivity index (χ3n) is 2.70. The number of nitrogens with zero attached hydrogens (tertiary/aromatic N) is 2. The maximum atomic E-state index is 11.9. The Bertz CT molecular complexity index is 615. The Morgan fingerprint density at radius 1 is 1.30 bits per heavy atom. The van der Waals surface area contributed by atoms with Crippen molar-refractivity contribution in [3.63, 3.8) is 0 Å². The fourth-order valence-corrected chi connectivity index (χ4v) is 1.61. The standard InChI is InChI=1S/C14H18N4O5/c1-10(16-17-13(19)7-8-23-2)9-14(20)15-11-5-3-4-6-12(11)18(21)22/h3-6H,7-9H2,1-2H3,(H,15,20)(H,17,19)/b16-10+. The number of carbonyl (C=O) groups excluding carboxylic acids is 2. The average molecular weight is 322 g/mol. The topological polar surface area (TPSA) is 123 Å². The molecule has 124 valence electrons. The van der Waals surface area contributed by atoms with Gasteiger partial charge in [-0.15, -0.1) is 0 Å². The average Bonchev–Trinajstić information content (AvgIpc) is 2.51. The first-order chi connectivity index (χ1) is 10.9. The van der Waals surface area contributed by atoms with Gasteiger partial charge >= 0.3 is 0 Å². The number of anilines is 1. The highest BCUT2D eigenvalue weighted by Crippen LogP contribution is 2.23. The molecule has 0 aliphatic rings. The minimum atomic E-state index is -0.577. The molecule has 0 bridgehead atoms. The molecule has 0 heterocycles. The minimum absolute atomic E-state index is 0.101. The molecule has 2 N–H and O–H groups in total. The van der Waals surface area contributed by atoms with Crippen molar-refractivity contribution in [1.82, 2.24) is 5.43 Å². The third-order valence-corrected chi connectivity index (χ3v) is 2.70. The number of amides is 2. The van der Waals surface area contributed by atoms with Crippen LogP contribution in [0.1, 0.15) is 19.8 Å².